The molecule has 19 heavy (non-hydrogen) atoms. The van der Waals surface area contributed by atoms with Gasteiger partial charge in [-0.3, -0.25) is 0 Å². The number of hydrogen-bond acceptors (Lipinski definition) is 3. The van der Waals surface area contributed by atoms with Crippen molar-refractivity contribution >= 4 is 10.8 Å². The Kier molecular flexibility index (Phi) is 3.40. The Bertz CT molecular complexity index is 559. The van der Waals surface area contributed by atoms with Gasteiger partial charge in [0.25, 0.3) is 0 Å². The monoisotopic (exact) mass is 258 g/mol. The standard InChI is InChI=1S/C16H18O3/c1-16(18-10-11-19-16)8-9-17-15-7-6-13-4-2-3-5-14(13)12-15/h2-7,12H,8-11H2,1H3. The molecule has 1 fully saturated rings. The Labute approximate surface area is 113 Å². The molecule has 0 aliphatic carbocycles. The molecule has 0 radical (unpaired) electrons. The Morgan fingerprint density at radius 2 is 1.79 bits per heavy atom. The van der Waals surface area contributed by atoms with Gasteiger partial charge in [0.1, 0.15) is 5.75 Å². The molecular formula is C16H18O3. The second-order valence-corrected chi connectivity index (χ2v) is 4.94. The van der Waals surface area contributed by atoms with Crippen molar-refractivity contribution in [1.82, 2.24) is 0 Å². The maximum atomic E-state index is 5.78. The fraction of sp³-hybridized carbons (Fsp3) is 0.375. The molecule has 1 heterocycles. The van der Waals surface area contributed by atoms with Gasteiger partial charge in [-0.15, -0.1) is 0 Å². The molecular weight excluding hydrogens is 240 g/mol. The maximum absolute atomic E-state index is 5.78. The van der Waals surface area contributed by atoms with Gasteiger partial charge >= 0.3 is 0 Å². The van der Waals surface area contributed by atoms with E-state index in [1.54, 1.807) is 0 Å². The molecule has 1 aliphatic heterocycles. The fourth-order valence-electron chi connectivity index (χ4n) is 2.31. The molecule has 1 aliphatic rings. The van der Waals surface area contributed by atoms with Crippen LogP contribution in [-0.4, -0.2) is 25.6 Å². The van der Waals surface area contributed by atoms with Crippen molar-refractivity contribution in [2.75, 3.05) is 19.8 Å². The Morgan fingerprint density at radius 3 is 2.58 bits per heavy atom. The first-order valence-corrected chi connectivity index (χ1v) is 6.65. The SMILES string of the molecule is CC1(CCOc2ccc3ccccc3c2)OCCO1. The summed E-state index contributed by atoms with van der Waals surface area (Å²) in [5, 5.41) is 2.42. The summed E-state index contributed by atoms with van der Waals surface area (Å²) in [7, 11) is 0. The molecule has 2 aromatic rings. The minimum Gasteiger partial charge on any atom is -0.493 e. The van der Waals surface area contributed by atoms with Crippen molar-refractivity contribution in [2.45, 2.75) is 19.1 Å². The van der Waals surface area contributed by atoms with Gasteiger partial charge in [0.15, 0.2) is 5.79 Å². The average molecular weight is 258 g/mol. The molecule has 1 saturated heterocycles. The van der Waals surface area contributed by atoms with Crippen molar-refractivity contribution in [3.8, 4) is 5.75 Å². The number of ether oxygens (including phenoxy) is 3. The van der Waals surface area contributed by atoms with Gasteiger partial charge in [0, 0.05) is 6.42 Å². The summed E-state index contributed by atoms with van der Waals surface area (Å²) in [5.74, 6) is 0.414. The van der Waals surface area contributed by atoms with Gasteiger partial charge in [-0.05, 0) is 29.8 Å². The number of hydrogen-bond donors (Lipinski definition) is 0. The summed E-state index contributed by atoms with van der Waals surface area (Å²) in [5.41, 5.74) is 0. The van der Waals surface area contributed by atoms with Gasteiger partial charge in [0.2, 0.25) is 0 Å². The summed E-state index contributed by atoms with van der Waals surface area (Å²) in [6.07, 6.45) is 0.736. The molecule has 2 aromatic carbocycles. The van der Waals surface area contributed by atoms with Crippen LogP contribution in [0.3, 0.4) is 0 Å². The topological polar surface area (TPSA) is 27.7 Å². The summed E-state index contributed by atoms with van der Waals surface area (Å²) < 4.78 is 16.9. The molecule has 0 bridgehead atoms. The predicted octanol–water partition coefficient (Wildman–Crippen LogP) is 3.37. The molecule has 0 spiro atoms. The quantitative estimate of drug-likeness (QED) is 0.841. The van der Waals surface area contributed by atoms with E-state index in [-0.39, 0.29) is 0 Å². The van der Waals surface area contributed by atoms with Crippen LogP contribution < -0.4 is 4.74 Å². The van der Waals surface area contributed by atoms with Crippen LogP contribution in [0.2, 0.25) is 0 Å². The molecule has 0 N–H and O–H groups in total. The third-order valence-corrected chi connectivity index (χ3v) is 3.44. The van der Waals surface area contributed by atoms with Gasteiger partial charge in [-0.2, -0.15) is 0 Å². The Morgan fingerprint density at radius 1 is 1.05 bits per heavy atom. The number of rotatable bonds is 4. The van der Waals surface area contributed by atoms with E-state index in [1.807, 2.05) is 25.1 Å². The fourth-order valence-corrected chi connectivity index (χ4v) is 2.31. The maximum Gasteiger partial charge on any atom is 0.168 e. The zero-order chi connectivity index (χ0) is 13.1. The Hall–Kier alpha value is -1.58. The number of fused-ring (bicyclic) bond motifs is 1. The molecule has 0 amide bonds. The van der Waals surface area contributed by atoms with Crippen molar-refractivity contribution in [3.05, 3.63) is 42.5 Å². The third-order valence-electron chi connectivity index (χ3n) is 3.44. The second-order valence-electron chi connectivity index (χ2n) is 4.94. The smallest absolute Gasteiger partial charge is 0.168 e. The summed E-state index contributed by atoms with van der Waals surface area (Å²) in [6, 6.07) is 14.4. The van der Waals surface area contributed by atoms with E-state index in [1.165, 1.54) is 10.8 Å². The molecule has 100 valence electrons. The molecule has 0 saturated carbocycles. The summed E-state index contributed by atoms with van der Waals surface area (Å²) in [6.45, 7) is 3.90. The molecule has 0 aromatic heterocycles. The van der Waals surface area contributed by atoms with Crippen LogP contribution in [-0.2, 0) is 9.47 Å². The van der Waals surface area contributed by atoms with Crippen molar-refractivity contribution in [3.63, 3.8) is 0 Å². The first-order chi connectivity index (χ1) is 9.25. The van der Waals surface area contributed by atoms with Crippen LogP contribution in [0.4, 0.5) is 0 Å². The van der Waals surface area contributed by atoms with E-state index in [0.717, 1.165) is 12.2 Å². The predicted molar refractivity (Wildman–Crippen MR) is 74.4 cm³/mol. The van der Waals surface area contributed by atoms with E-state index in [2.05, 4.69) is 24.3 Å². The highest BCUT2D eigenvalue weighted by Crippen LogP contribution is 2.24. The van der Waals surface area contributed by atoms with E-state index in [9.17, 15) is 0 Å². The van der Waals surface area contributed by atoms with Crippen LogP contribution >= 0.6 is 0 Å². The average Bonchev–Trinajstić information content (AvgIpc) is 2.86. The zero-order valence-electron chi connectivity index (χ0n) is 11.1. The highest BCUT2D eigenvalue weighted by atomic mass is 16.7. The van der Waals surface area contributed by atoms with Crippen molar-refractivity contribution in [1.29, 1.82) is 0 Å². The van der Waals surface area contributed by atoms with Gasteiger partial charge in [-0.1, -0.05) is 30.3 Å². The lowest BCUT2D eigenvalue weighted by atomic mass is 10.1. The molecule has 0 unspecified atom stereocenters. The van der Waals surface area contributed by atoms with E-state index >= 15 is 0 Å². The first-order valence-electron chi connectivity index (χ1n) is 6.65. The molecule has 3 heteroatoms. The van der Waals surface area contributed by atoms with Crippen LogP contribution in [0.5, 0.6) is 5.75 Å². The van der Waals surface area contributed by atoms with Gasteiger partial charge < -0.3 is 14.2 Å². The van der Waals surface area contributed by atoms with Crippen molar-refractivity contribution in [2.24, 2.45) is 0 Å². The van der Waals surface area contributed by atoms with E-state index in [0.29, 0.717) is 19.8 Å². The van der Waals surface area contributed by atoms with Crippen LogP contribution in [0.1, 0.15) is 13.3 Å². The number of benzene rings is 2. The lowest BCUT2D eigenvalue weighted by molar-refractivity contribution is -0.150. The normalized spacial score (nSPS) is 17.7. The van der Waals surface area contributed by atoms with Gasteiger partial charge in [0.05, 0.1) is 19.8 Å². The molecule has 3 nitrogen and oxygen atoms in total. The van der Waals surface area contributed by atoms with E-state index < -0.39 is 5.79 Å². The lowest BCUT2D eigenvalue weighted by Gasteiger charge is -2.22. The first kappa shape index (κ1) is 12.5. The van der Waals surface area contributed by atoms with E-state index in [4.69, 9.17) is 14.2 Å². The van der Waals surface area contributed by atoms with Crippen LogP contribution in [0, 0.1) is 0 Å². The third kappa shape index (κ3) is 2.88. The lowest BCUT2D eigenvalue weighted by Crippen LogP contribution is -2.27. The highest BCUT2D eigenvalue weighted by molar-refractivity contribution is 5.83. The minimum atomic E-state index is -0.475. The van der Waals surface area contributed by atoms with Crippen LogP contribution in [0.25, 0.3) is 10.8 Å². The second kappa shape index (κ2) is 5.19. The molecule has 3 rings (SSSR count). The Balaban J connectivity index is 1.62. The largest absolute Gasteiger partial charge is 0.493 e. The summed E-state index contributed by atoms with van der Waals surface area (Å²) >= 11 is 0. The zero-order valence-corrected chi connectivity index (χ0v) is 11.1. The van der Waals surface area contributed by atoms with Crippen molar-refractivity contribution < 1.29 is 14.2 Å². The van der Waals surface area contributed by atoms with Crippen LogP contribution in [0.15, 0.2) is 42.5 Å². The minimum absolute atomic E-state index is 0.475. The van der Waals surface area contributed by atoms with Gasteiger partial charge in [-0.25, -0.2) is 0 Å². The summed E-state index contributed by atoms with van der Waals surface area (Å²) in [4.78, 5) is 0. The highest BCUT2D eigenvalue weighted by Gasteiger charge is 2.30. The molecule has 0 atom stereocenters.